The summed E-state index contributed by atoms with van der Waals surface area (Å²) < 4.78 is 4.79. The maximum atomic E-state index is 10.6. The molecule has 1 aromatic heterocycles. The number of methoxy groups -OCH3 is 1. The summed E-state index contributed by atoms with van der Waals surface area (Å²) in [6.45, 7) is 1.41. The fourth-order valence-corrected chi connectivity index (χ4v) is 0.676. The molecule has 64 valence electrons. The van der Waals surface area contributed by atoms with Gasteiger partial charge >= 0.3 is 0 Å². The van der Waals surface area contributed by atoms with E-state index in [9.17, 15) is 4.79 Å². The van der Waals surface area contributed by atoms with E-state index in [1.54, 1.807) is 12.1 Å². The molecule has 0 aromatic carbocycles. The highest BCUT2D eigenvalue weighted by atomic mass is 16.5. The van der Waals surface area contributed by atoms with Gasteiger partial charge in [-0.25, -0.2) is 0 Å². The van der Waals surface area contributed by atoms with Crippen molar-refractivity contribution in [2.24, 2.45) is 0 Å². The summed E-state index contributed by atoms with van der Waals surface area (Å²) in [5.41, 5.74) is 0. The molecule has 0 atom stereocenters. The second-order valence-corrected chi connectivity index (χ2v) is 2.14. The molecule has 1 rings (SSSR count). The van der Waals surface area contributed by atoms with Gasteiger partial charge in [0.25, 0.3) is 0 Å². The van der Waals surface area contributed by atoms with Gasteiger partial charge in [0.05, 0.1) is 7.11 Å². The zero-order chi connectivity index (χ0) is 8.97. The second kappa shape index (κ2) is 3.66. The average molecular weight is 167 g/mol. The molecule has 0 aliphatic rings. The number of hydrogen-bond donors (Lipinski definition) is 1. The van der Waals surface area contributed by atoms with Crippen LogP contribution in [0.1, 0.15) is 6.92 Å². The molecule has 5 nitrogen and oxygen atoms in total. The van der Waals surface area contributed by atoms with E-state index in [1.165, 1.54) is 14.0 Å². The zero-order valence-corrected chi connectivity index (χ0v) is 6.87. The first-order valence-electron chi connectivity index (χ1n) is 3.37. The second-order valence-electron chi connectivity index (χ2n) is 2.14. The molecule has 1 aromatic rings. The summed E-state index contributed by atoms with van der Waals surface area (Å²) in [4.78, 5) is 10.6. The number of aromatic nitrogens is 2. The summed E-state index contributed by atoms with van der Waals surface area (Å²) >= 11 is 0. The topological polar surface area (TPSA) is 64.1 Å². The molecule has 0 saturated heterocycles. The summed E-state index contributed by atoms with van der Waals surface area (Å²) in [5.74, 6) is 0.668. The van der Waals surface area contributed by atoms with E-state index in [1.807, 2.05) is 0 Å². The molecule has 0 fully saturated rings. The first-order valence-corrected chi connectivity index (χ1v) is 3.37. The molecule has 0 aliphatic carbocycles. The minimum Gasteiger partial charge on any atom is -0.480 e. The van der Waals surface area contributed by atoms with Gasteiger partial charge in [-0.1, -0.05) is 0 Å². The molecule has 0 unspecified atom stereocenters. The van der Waals surface area contributed by atoms with Crippen LogP contribution in [0, 0.1) is 0 Å². The van der Waals surface area contributed by atoms with Gasteiger partial charge < -0.3 is 10.1 Å². The maximum Gasteiger partial charge on any atom is 0.233 e. The standard InChI is InChI=1S/C7H9N3O2/c1-5(11)8-6-3-4-7(12-2)10-9-6/h3-4H,1-2H3,(H,8,9,11). The number of carbonyl (C=O) groups is 1. The van der Waals surface area contributed by atoms with Gasteiger partial charge in [0, 0.05) is 13.0 Å². The van der Waals surface area contributed by atoms with Gasteiger partial charge in [-0.15, -0.1) is 10.2 Å². The lowest BCUT2D eigenvalue weighted by Crippen LogP contribution is -2.07. The molecule has 0 radical (unpaired) electrons. The van der Waals surface area contributed by atoms with E-state index in [4.69, 9.17) is 4.74 Å². The highest BCUT2D eigenvalue weighted by molar-refractivity contribution is 5.87. The predicted octanol–water partition coefficient (Wildman–Crippen LogP) is 0.444. The molecule has 1 amide bonds. The SMILES string of the molecule is COc1ccc(NC(C)=O)nn1. The van der Waals surface area contributed by atoms with E-state index >= 15 is 0 Å². The van der Waals surface area contributed by atoms with Crippen LogP contribution in [0.2, 0.25) is 0 Å². The van der Waals surface area contributed by atoms with Crippen molar-refractivity contribution in [3.05, 3.63) is 12.1 Å². The fraction of sp³-hybridized carbons (Fsp3) is 0.286. The van der Waals surface area contributed by atoms with Crippen molar-refractivity contribution in [3.63, 3.8) is 0 Å². The lowest BCUT2D eigenvalue weighted by molar-refractivity contribution is -0.114. The Kier molecular flexibility index (Phi) is 2.57. The van der Waals surface area contributed by atoms with Crippen molar-refractivity contribution in [1.82, 2.24) is 10.2 Å². The van der Waals surface area contributed by atoms with Crippen LogP contribution in [0.4, 0.5) is 5.82 Å². The van der Waals surface area contributed by atoms with Crippen LogP contribution < -0.4 is 10.1 Å². The van der Waals surface area contributed by atoms with Gasteiger partial charge in [0.15, 0.2) is 5.82 Å². The molecule has 0 bridgehead atoms. The maximum absolute atomic E-state index is 10.6. The monoisotopic (exact) mass is 167 g/mol. The number of nitrogens with one attached hydrogen (secondary N) is 1. The van der Waals surface area contributed by atoms with Gasteiger partial charge in [-0.05, 0) is 6.07 Å². The Morgan fingerprint density at radius 3 is 2.67 bits per heavy atom. The summed E-state index contributed by atoms with van der Waals surface area (Å²) in [7, 11) is 1.50. The van der Waals surface area contributed by atoms with Crippen molar-refractivity contribution in [1.29, 1.82) is 0 Å². The van der Waals surface area contributed by atoms with Crippen molar-refractivity contribution < 1.29 is 9.53 Å². The first-order chi connectivity index (χ1) is 5.72. The van der Waals surface area contributed by atoms with Gasteiger partial charge in [0.1, 0.15) is 0 Å². The Labute approximate surface area is 69.8 Å². The fourth-order valence-electron chi connectivity index (χ4n) is 0.676. The van der Waals surface area contributed by atoms with Crippen LogP contribution in [0.3, 0.4) is 0 Å². The lowest BCUT2D eigenvalue weighted by atomic mass is 10.5. The summed E-state index contributed by atoms with van der Waals surface area (Å²) in [5, 5.41) is 9.83. The molecular weight excluding hydrogens is 158 g/mol. The molecule has 12 heavy (non-hydrogen) atoms. The van der Waals surface area contributed by atoms with Crippen molar-refractivity contribution in [2.75, 3.05) is 12.4 Å². The van der Waals surface area contributed by atoms with Gasteiger partial charge in [-0.3, -0.25) is 4.79 Å². The smallest absolute Gasteiger partial charge is 0.233 e. The van der Waals surface area contributed by atoms with Gasteiger partial charge in [-0.2, -0.15) is 0 Å². The first kappa shape index (κ1) is 8.45. The van der Waals surface area contributed by atoms with Crippen molar-refractivity contribution >= 4 is 11.7 Å². The van der Waals surface area contributed by atoms with Crippen LogP contribution >= 0.6 is 0 Å². The lowest BCUT2D eigenvalue weighted by Gasteiger charge is -2.00. The number of rotatable bonds is 2. The molecular formula is C7H9N3O2. The predicted molar refractivity (Wildman–Crippen MR) is 42.9 cm³/mol. The van der Waals surface area contributed by atoms with Crippen LogP contribution in [-0.4, -0.2) is 23.2 Å². The normalized spacial score (nSPS) is 9.17. The number of nitrogens with zero attached hydrogens (tertiary/aromatic N) is 2. The highest BCUT2D eigenvalue weighted by Gasteiger charge is 1.97. The van der Waals surface area contributed by atoms with Crippen LogP contribution in [0.15, 0.2) is 12.1 Å². The Hall–Kier alpha value is -1.65. The number of hydrogen-bond acceptors (Lipinski definition) is 4. The molecule has 5 heteroatoms. The summed E-state index contributed by atoms with van der Waals surface area (Å²) in [6, 6.07) is 3.24. The number of ether oxygens (including phenoxy) is 1. The minimum atomic E-state index is -0.172. The number of carbonyl (C=O) groups excluding carboxylic acids is 1. The Morgan fingerprint density at radius 2 is 2.25 bits per heavy atom. The number of anilines is 1. The van der Waals surface area contributed by atoms with Crippen molar-refractivity contribution in [2.45, 2.75) is 6.92 Å². The van der Waals surface area contributed by atoms with E-state index in [-0.39, 0.29) is 5.91 Å². The molecule has 0 saturated carbocycles. The highest BCUT2D eigenvalue weighted by Crippen LogP contribution is 2.06. The quantitative estimate of drug-likeness (QED) is 0.694. The molecule has 1 heterocycles. The Bertz CT molecular complexity index is 270. The van der Waals surface area contributed by atoms with Crippen molar-refractivity contribution in [3.8, 4) is 5.88 Å². The summed E-state index contributed by atoms with van der Waals surface area (Å²) in [6.07, 6.45) is 0. The molecule has 0 aliphatic heterocycles. The molecule has 1 N–H and O–H groups in total. The van der Waals surface area contributed by atoms with Crippen LogP contribution in [-0.2, 0) is 4.79 Å². The molecule has 0 spiro atoms. The van der Waals surface area contributed by atoms with E-state index in [2.05, 4.69) is 15.5 Å². The van der Waals surface area contributed by atoms with Crippen LogP contribution in [0.25, 0.3) is 0 Å². The van der Waals surface area contributed by atoms with Crippen LogP contribution in [0.5, 0.6) is 5.88 Å². The largest absolute Gasteiger partial charge is 0.480 e. The third-order valence-corrected chi connectivity index (χ3v) is 1.15. The van der Waals surface area contributed by atoms with E-state index in [0.717, 1.165) is 0 Å². The van der Waals surface area contributed by atoms with E-state index in [0.29, 0.717) is 11.7 Å². The van der Waals surface area contributed by atoms with Gasteiger partial charge in [0.2, 0.25) is 11.8 Å². The zero-order valence-electron chi connectivity index (χ0n) is 6.87. The average Bonchev–Trinajstić information content (AvgIpc) is 2.05. The Balaban J connectivity index is 2.71. The minimum absolute atomic E-state index is 0.172. The van der Waals surface area contributed by atoms with E-state index < -0.39 is 0 Å². The Morgan fingerprint density at radius 1 is 1.50 bits per heavy atom. The number of amides is 1. The third kappa shape index (κ3) is 2.19. The third-order valence-electron chi connectivity index (χ3n) is 1.15.